The van der Waals surface area contributed by atoms with Crippen LogP contribution in [0, 0.1) is 5.82 Å². The molecule has 0 saturated heterocycles. The Morgan fingerprint density at radius 3 is 2.12 bits per heavy atom. The van der Waals surface area contributed by atoms with E-state index in [0.717, 1.165) is 28.4 Å². The lowest BCUT2D eigenvalue weighted by Gasteiger charge is -2.33. The smallest absolute Gasteiger partial charge is 0.264 e. The third-order valence-corrected chi connectivity index (χ3v) is 8.70. The van der Waals surface area contributed by atoms with Gasteiger partial charge in [-0.2, -0.15) is 0 Å². The first-order valence-electron chi connectivity index (χ1n) is 13.7. The lowest BCUT2D eigenvalue weighted by molar-refractivity contribution is -0.139. The number of rotatable bonds is 14. The highest BCUT2D eigenvalue weighted by atomic mass is 32.2. The Hall–Kier alpha value is -3.92. The molecule has 1 N–H and O–H groups in total. The first-order chi connectivity index (χ1) is 19.6. The van der Waals surface area contributed by atoms with E-state index in [0.29, 0.717) is 18.6 Å². The van der Waals surface area contributed by atoms with Gasteiger partial charge in [-0.3, -0.25) is 13.9 Å². The summed E-state index contributed by atoms with van der Waals surface area (Å²) >= 11 is 0. The standard InChI is InChI=1S/C31H38FN3O5S/c1-5-23(3)33-31(37)29(6-2)34(21-20-24-10-8-7-9-11-24)30(36)22-35(26-14-12-25(32)13-15-26)41(38,39)28-18-16-27(40-4)17-19-28/h7-19,23,29H,5-6,20-22H2,1-4H3,(H,33,37)/t23-,29-/m1/s1. The van der Waals surface area contributed by atoms with Gasteiger partial charge in [0, 0.05) is 12.6 Å². The van der Waals surface area contributed by atoms with Crippen LogP contribution in [-0.4, -0.2) is 57.4 Å². The Labute approximate surface area is 242 Å². The van der Waals surface area contributed by atoms with Crippen LogP contribution in [0.25, 0.3) is 0 Å². The SMILES string of the molecule is CC[C@@H](C)NC(=O)[C@@H](CC)N(CCc1ccccc1)C(=O)CN(c1ccc(F)cc1)S(=O)(=O)c1ccc(OC)cc1. The molecular weight excluding hydrogens is 545 g/mol. The molecule has 0 aliphatic heterocycles. The molecule has 3 aromatic rings. The number of sulfonamides is 1. The van der Waals surface area contributed by atoms with Crippen molar-refractivity contribution < 1.29 is 27.1 Å². The van der Waals surface area contributed by atoms with Gasteiger partial charge in [0.15, 0.2) is 0 Å². The Morgan fingerprint density at radius 2 is 1.56 bits per heavy atom. The minimum atomic E-state index is -4.26. The van der Waals surface area contributed by atoms with Crippen LogP contribution in [0.15, 0.2) is 83.8 Å². The number of methoxy groups -OCH3 is 1. The lowest BCUT2D eigenvalue weighted by atomic mass is 10.1. The zero-order valence-corrected chi connectivity index (χ0v) is 24.7. The van der Waals surface area contributed by atoms with Crippen LogP contribution < -0.4 is 14.4 Å². The van der Waals surface area contributed by atoms with E-state index in [1.54, 1.807) is 0 Å². The predicted molar refractivity (Wildman–Crippen MR) is 158 cm³/mol. The van der Waals surface area contributed by atoms with Gasteiger partial charge in [-0.15, -0.1) is 0 Å². The van der Waals surface area contributed by atoms with Crippen molar-refractivity contribution in [2.45, 2.75) is 57.0 Å². The summed E-state index contributed by atoms with van der Waals surface area (Å²) in [6.45, 7) is 5.28. The van der Waals surface area contributed by atoms with E-state index in [9.17, 15) is 22.4 Å². The maximum absolute atomic E-state index is 14.0. The molecule has 0 fully saturated rings. The molecule has 8 nitrogen and oxygen atoms in total. The minimum absolute atomic E-state index is 0.0622. The molecule has 0 heterocycles. The highest BCUT2D eigenvalue weighted by molar-refractivity contribution is 7.92. The molecule has 0 saturated carbocycles. The third kappa shape index (κ3) is 8.29. The van der Waals surface area contributed by atoms with Crippen molar-refractivity contribution in [3.63, 3.8) is 0 Å². The molecule has 220 valence electrons. The number of nitrogens with one attached hydrogen (secondary N) is 1. The number of carbonyl (C=O) groups is 2. The highest BCUT2D eigenvalue weighted by Gasteiger charge is 2.33. The molecule has 0 aliphatic carbocycles. The van der Waals surface area contributed by atoms with E-state index in [-0.39, 0.29) is 29.1 Å². The number of hydrogen-bond acceptors (Lipinski definition) is 5. The average molecular weight is 584 g/mol. The summed E-state index contributed by atoms with van der Waals surface area (Å²) in [6, 6.07) is 19.3. The number of anilines is 1. The number of benzene rings is 3. The Morgan fingerprint density at radius 1 is 0.927 bits per heavy atom. The largest absolute Gasteiger partial charge is 0.497 e. The number of amides is 2. The van der Waals surface area contributed by atoms with Gasteiger partial charge in [0.05, 0.1) is 17.7 Å². The Balaban J connectivity index is 2.00. The Kier molecular flexibility index (Phi) is 11.3. The van der Waals surface area contributed by atoms with Crippen molar-refractivity contribution in [3.8, 4) is 5.75 Å². The van der Waals surface area contributed by atoms with E-state index < -0.39 is 34.3 Å². The van der Waals surface area contributed by atoms with E-state index in [1.165, 1.54) is 48.4 Å². The molecule has 0 bridgehead atoms. The summed E-state index contributed by atoms with van der Waals surface area (Å²) in [5.41, 5.74) is 1.10. The van der Waals surface area contributed by atoms with Crippen LogP contribution in [0.3, 0.4) is 0 Å². The van der Waals surface area contributed by atoms with Gasteiger partial charge >= 0.3 is 0 Å². The van der Waals surface area contributed by atoms with Gasteiger partial charge in [0.25, 0.3) is 10.0 Å². The zero-order chi connectivity index (χ0) is 30.0. The van der Waals surface area contributed by atoms with E-state index in [2.05, 4.69) is 5.32 Å². The van der Waals surface area contributed by atoms with E-state index in [4.69, 9.17) is 4.74 Å². The molecular formula is C31H38FN3O5S. The maximum Gasteiger partial charge on any atom is 0.264 e. The molecule has 0 radical (unpaired) electrons. The molecule has 0 aliphatic rings. The molecule has 3 rings (SSSR count). The quantitative estimate of drug-likeness (QED) is 0.294. The van der Waals surface area contributed by atoms with Gasteiger partial charge in [0.2, 0.25) is 11.8 Å². The second-order valence-corrected chi connectivity index (χ2v) is 11.6. The minimum Gasteiger partial charge on any atom is -0.497 e. The van der Waals surface area contributed by atoms with E-state index >= 15 is 0 Å². The van der Waals surface area contributed by atoms with Crippen LogP contribution >= 0.6 is 0 Å². The van der Waals surface area contributed by atoms with Crippen molar-refractivity contribution in [3.05, 3.63) is 90.2 Å². The fourth-order valence-corrected chi connectivity index (χ4v) is 5.76. The molecule has 3 aromatic carbocycles. The number of ether oxygens (including phenoxy) is 1. The van der Waals surface area contributed by atoms with Gasteiger partial charge in [-0.05, 0) is 80.3 Å². The third-order valence-electron chi connectivity index (χ3n) is 6.91. The first kappa shape index (κ1) is 31.6. The van der Waals surface area contributed by atoms with Crippen LogP contribution in [0.4, 0.5) is 10.1 Å². The normalized spacial score (nSPS) is 12.7. The van der Waals surface area contributed by atoms with Crippen molar-refractivity contribution in [1.29, 1.82) is 0 Å². The van der Waals surface area contributed by atoms with Gasteiger partial charge in [0.1, 0.15) is 24.2 Å². The molecule has 0 aromatic heterocycles. The second kappa shape index (κ2) is 14.6. The van der Waals surface area contributed by atoms with Gasteiger partial charge in [-0.25, -0.2) is 12.8 Å². The van der Waals surface area contributed by atoms with Gasteiger partial charge < -0.3 is 15.0 Å². The fraction of sp³-hybridized carbons (Fsp3) is 0.355. The summed E-state index contributed by atoms with van der Waals surface area (Å²) in [6.07, 6.45) is 1.53. The molecule has 0 unspecified atom stereocenters. The number of nitrogens with zero attached hydrogens (tertiary/aromatic N) is 2. The molecule has 2 atom stereocenters. The zero-order valence-electron chi connectivity index (χ0n) is 23.9. The van der Waals surface area contributed by atoms with Crippen LogP contribution in [-0.2, 0) is 26.0 Å². The summed E-state index contributed by atoms with van der Waals surface area (Å²) in [7, 11) is -2.79. The van der Waals surface area contributed by atoms with Crippen molar-refractivity contribution in [2.24, 2.45) is 0 Å². The van der Waals surface area contributed by atoms with Gasteiger partial charge in [-0.1, -0.05) is 44.2 Å². The summed E-state index contributed by atoms with van der Waals surface area (Å²) in [4.78, 5) is 28.7. The van der Waals surface area contributed by atoms with Crippen molar-refractivity contribution in [2.75, 3.05) is 24.5 Å². The first-order valence-corrected chi connectivity index (χ1v) is 15.1. The Bertz CT molecular complexity index is 1380. The summed E-state index contributed by atoms with van der Waals surface area (Å²) in [5.74, 6) is -0.916. The molecule has 0 spiro atoms. The van der Waals surface area contributed by atoms with E-state index in [1.807, 2.05) is 51.1 Å². The number of halogens is 1. The second-order valence-electron chi connectivity index (χ2n) is 9.73. The van der Waals surface area contributed by atoms with Crippen molar-refractivity contribution in [1.82, 2.24) is 10.2 Å². The predicted octanol–water partition coefficient (Wildman–Crippen LogP) is 4.79. The molecule has 2 amide bonds. The topological polar surface area (TPSA) is 96.0 Å². The van der Waals surface area contributed by atoms with Crippen LogP contribution in [0.5, 0.6) is 5.75 Å². The summed E-state index contributed by atoms with van der Waals surface area (Å²) < 4.78 is 47.6. The van der Waals surface area contributed by atoms with Crippen molar-refractivity contribution >= 4 is 27.5 Å². The molecule has 41 heavy (non-hydrogen) atoms. The van der Waals surface area contributed by atoms with Crippen LogP contribution in [0.1, 0.15) is 39.2 Å². The lowest BCUT2D eigenvalue weighted by Crippen LogP contribution is -2.54. The number of carbonyl (C=O) groups excluding carboxylic acids is 2. The average Bonchev–Trinajstić information content (AvgIpc) is 2.98. The monoisotopic (exact) mass is 583 g/mol. The fourth-order valence-electron chi connectivity index (χ4n) is 4.35. The summed E-state index contributed by atoms with van der Waals surface area (Å²) in [5, 5.41) is 2.95. The van der Waals surface area contributed by atoms with Crippen LogP contribution in [0.2, 0.25) is 0 Å². The maximum atomic E-state index is 14.0. The highest BCUT2D eigenvalue weighted by Crippen LogP contribution is 2.26. The molecule has 10 heteroatoms. The number of hydrogen-bond donors (Lipinski definition) is 1.